The van der Waals surface area contributed by atoms with Crippen molar-refractivity contribution in [1.82, 2.24) is 24.2 Å². The molecule has 2 aromatic heterocycles. The summed E-state index contributed by atoms with van der Waals surface area (Å²) in [6.45, 7) is 1.89. The number of aromatic amines is 1. The molecule has 1 aliphatic rings. The number of amides is 2. The first-order valence-electron chi connectivity index (χ1n) is 6.36. The lowest BCUT2D eigenvalue weighted by molar-refractivity contribution is -0.149. The molecule has 1 fully saturated rings. The number of hydrogen-bond acceptors (Lipinski definition) is 4. The van der Waals surface area contributed by atoms with Crippen LogP contribution in [-0.2, 0) is 16.6 Å². The minimum atomic E-state index is -0.450. The second kappa shape index (κ2) is 4.27. The first-order valence-corrected chi connectivity index (χ1v) is 6.77. The van der Waals surface area contributed by atoms with Crippen molar-refractivity contribution in [2.24, 2.45) is 7.05 Å². The number of likely N-dealkylation sites (tertiary alicyclic amines) is 1. The third kappa shape index (κ3) is 1.64. The third-order valence-electron chi connectivity index (χ3n) is 3.80. The molecule has 1 saturated heterocycles. The Morgan fingerprint density at radius 2 is 2.05 bits per heavy atom. The fourth-order valence-corrected chi connectivity index (χ4v) is 3.07. The molecule has 106 valence electrons. The second-order valence-corrected chi connectivity index (χ2v) is 5.44. The average molecular weight is 293 g/mol. The van der Waals surface area contributed by atoms with Crippen molar-refractivity contribution in [2.75, 3.05) is 7.05 Å². The molecule has 0 bridgehead atoms. The molecule has 2 amide bonds. The van der Waals surface area contributed by atoms with Crippen molar-refractivity contribution in [2.45, 2.75) is 25.8 Å². The molecule has 1 aliphatic heterocycles. The number of piperidine rings is 1. The highest BCUT2D eigenvalue weighted by molar-refractivity contribution is 7.71. The number of H-pyrrole nitrogens is 1. The predicted octanol–water partition coefficient (Wildman–Crippen LogP) is 1.06. The second-order valence-electron chi connectivity index (χ2n) is 5.05. The van der Waals surface area contributed by atoms with Crippen LogP contribution in [0.3, 0.4) is 0 Å². The fourth-order valence-electron chi connectivity index (χ4n) is 2.76. The molecular weight excluding hydrogens is 278 g/mol. The summed E-state index contributed by atoms with van der Waals surface area (Å²) in [7, 11) is 3.33. The van der Waals surface area contributed by atoms with Gasteiger partial charge in [-0.3, -0.25) is 23.7 Å². The van der Waals surface area contributed by atoms with Gasteiger partial charge in [0.25, 0.3) is 5.91 Å². The molecule has 1 atom stereocenters. The van der Waals surface area contributed by atoms with Gasteiger partial charge in [-0.15, -0.1) is 0 Å². The van der Waals surface area contributed by atoms with E-state index in [1.54, 1.807) is 9.25 Å². The lowest BCUT2D eigenvalue weighted by Crippen LogP contribution is -2.43. The van der Waals surface area contributed by atoms with Gasteiger partial charge in [0, 0.05) is 20.5 Å². The minimum Gasteiger partial charge on any atom is -0.328 e. The molecule has 8 heteroatoms. The van der Waals surface area contributed by atoms with Crippen LogP contribution in [0.5, 0.6) is 0 Å². The SMILES string of the molecule is Cc1nn(C)c2c1[nH]c(=S)n2C1CCC(=O)N(C)C1=O. The van der Waals surface area contributed by atoms with Crippen LogP contribution in [0.1, 0.15) is 24.6 Å². The maximum absolute atomic E-state index is 12.3. The van der Waals surface area contributed by atoms with E-state index in [1.165, 1.54) is 11.9 Å². The predicted molar refractivity (Wildman–Crippen MR) is 74.7 cm³/mol. The molecule has 1 unspecified atom stereocenters. The first-order chi connectivity index (χ1) is 9.41. The highest BCUT2D eigenvalue weighted by atomic mass is 32.1. The van der Waals surface area contributed by atoms with Gasteiger partial charge in [0.2, 0.25) is 5.91 Å². The van der Waals surface area contributed by atoms with Crippen molar-refractivity contribution in [3.05, 3.63) is 10.5 Å². The number of carbonyl (C=O) groups excluding carboxylic acids is 2. The minimum absolute atomic E-state index is 0.147. The molecule has 3 rings (SSSR count). The van der Waals surface area contributed by atoms with E-state index < -0.39 is 6.04 Å². The summed E-state index contributed by atoms with van der Waals surface area (Å²) in [5.41, 5.74) is 2.46. The van der Waals surface area contributed by atoms with Crippen molar-refractivity contribution in [1.29, 1.82) is 0 Å². The van der Waals surface area contributed by atoms with Gasteiger partial charge >= 0.3 is 0 Å². The van der Waals surface area contributed by atoms with Gasteiger partial charge in [-0.2, -0.15) is 5.10 Å². The number of aromatic nitrogens is 4. The molecule has 20 heavy (non-hydrogen) atoms. The molecule has 0 saturated carbocycles. The lowest BCUT2D eigenvalue weighted by atomic mass is 10.0. The van der Waals surface area contributed by atoms with Crippen LogP contribution in [-0.4, -0.2) is 43.1 Å². The van der Waals surface area contributed by atoms with Gasteiger partial charge < -0.3 is 4.98 Å². The van der Waals surface area contributed by atoms with Gasteiger partial charge in [-0.05, 0) is 25.6 Å². The summed E-state index contributed by atoms with van der Waals surface area (Å²) in [5.74, 6) is -0.372. The van der Waals surface area contributed by atoms with Gasteiger partial charge in [0.1, 0.15) is 11.6 Å². The Hall–Kier alpha value is -1.96. The number of imide groups is 1. The average Bonchev–Trinajstić information content (AvgIpc) is 2.86. The molecule has 0 aliphatic carbocycles. The van der Waals surface area contributed by atoms with Crippen molar-refractivity contribution in [3.8, 4) is 0 Å². The number of nitrogens with one attached hydrogen (secondary N) is 1. The van der Waals surface area contributed by atoms with E-state index in [2.05, 4.69) is 10.1 Å². The van der Waals surface area contributed by atoms with Crippen molar-refractivity contribution >= 4 is 35.2 Å². The zero-order valence-electron chi connectivity index (χ0n) is 11.5. The van der Waals surface area contributed by atoms with E-state index in [0.29, 0.717) is 17.6 Å². The van der Waals surface area contributed by atoms with E-state index in [4.69, 9.17) is 12.2 Å². The zero-order chi connectivity index (χ0) is 14.6. The number of aryl methyl sites for hydroxylation is 2. The molecule has 7 nitrogen and oxygen atoms in total. The van der Waals surface area contributed by atoms with E-state index in [0.717, 1.165) is 16.9 Å². The standard InChI is InChI=1S/C12H15N5O2S/c1-6-9-10(16(3)14-6)17(12(20)13-9)7-4-5-8(18)15(2)11(7)19/h7H,4-5H2,1-3H3,(H,13,20). The van der Waals surface area contributed by atoms with Crippen LogP contribution in [0, 0.1) is 11.7 Å². The Morgan fingerprint density at radius 1 is 1.35 bits per heavy atom. The highest BCUT2D eigenvalue weighted by Gasteiger charge is 2.35. The fraction of sp³-hybridized carbons (Fsp3) is 0.500. The monoisotopic (exact) mass is 293 g/mol. The Labute approximate surface area is 120 Å². The molecule has 0 radical (unpaired) electrons. The van der Waals surface area contributed by atoms with Gasteiger partial charge in [0.05, 0.1) is 5.69 Å². The number of carbonyl (C=O) groups is 2. The summed E-state index contributed by atoms with van der Waals surface area (Å²) in [6, 6.07) is -0.450. The number of fused-ring (bicyclic) bond motifs is 1. The van der Waals surface area contributed by atoms with E-state index >= 15 is 0 Å². The molecular formula is C12H15N5O2S. The van der Waals surface area contributed by atoms with Crippen LogP contribution in [0.4, 0.5) is 0 Å². The van der Waals surface area contributed by atoms with E-state index in [1.807, 2.05) is 14.0 Å². The Morgan fingerprint density at radius 3 is 2.75 bits per heavy atom. The van der Waals surface area contributed by atoms with Crippen LogP contribution < -0.4 is 0 Å². The largest absolute Gasteiger partial charge is 0.328 e. The summed E-state index contributed by atoms with van der Waals surface area (Å²) >= 11 is 5.34. The quantitative estimate of drug-likeness (QED) is 0.630. The van der Waals surface area contributed by atoms with Gasteiger partial charge in [-0.1, -0.05) is 0 Å². The van der Waals surface area contributed by atoms with E-state index in [9.17, 15) is 9.59 Å². The number of imidazole rings is 1. The summed E-state index contributed by atoms with van der Waals surface area (Å²) in [6.07, 6.45) is 0.811. The van der Waals surface area contributed by atoms with E-state index in [-0.39, 0.29) is 11.8 Å². The molecule has 2 aromatic rings. The van der Waals surface area contributed by atoms with Crippen LogP contribution in [0.15, 0.2) is 0 Å². The number of hydrogen-bond donors (Lipinski definition) is 1. The van der Waals surface area contributed by atoms with Crippen LogP contribution in [0.2, 0.25) is 0 Å². The topological polar surface area (TPSA) is 75.9 Å². The number of rotatable bonds is 1. The molecule has 0 aromatic carbocycles. The first kappa shape index (κ1) is 13.0. The Balaban J connectivity index is 2.20. The Bertz CT molecular complexity index is 784. The maximum Gasteiger partial charge on any atom is 0.252 e. The van der Waals surface area contributed by atoms with Crippen LogP contribution >= 0.6 is 12.2 Å². The van der Waals surface area contributed by atoms with Gasteiger partial charge in [-0.25, -0.2) is 0 Å². The molecule has 1 N–H and O–H groups in total. The number of nitrogens with zero attached hydrogens (tertiary/aromatic N) is 4. The van der Waals surface area contributed by atoms with Crippen molar-refractivity contribution in [3.63, 3.8) is 0 Å². The van der Waals surface area contributed by atoms with Crippen LogP contribution in [0.25, 0.3) is 11.2 Å². The highest BCUT2D eigenvalue weighted by Crippen LogP contribution is 2.28. The lowest BCUT2D eigenvalue weighted by Gasteiger charge is -2.28. The zero-order valence-corrected chi connectivity index (χ0v) is 12.3. The van der Waals surface area contributed by atoms with Gasteiger partial charge in [0.15, 0.2) is 10.4 Å². The maximum atomic E-state index is 12.3. The summed E-state index contributed by atoms with van der Waals surface area (Å²) in [4.78, 5) is 28.2. The molecule has 0 spiro atoms. The summed E-state index contributed by atoms with van der Waals surface area (Å²) in [5, 5.41) is 4.33. The smallest absolute Gasteiger partial charge is 0.252 e. The van der Waals surface area contributed by atoms with Crippen molar-refractivity contribution < 1.29 is 9.59 Å². The summed E-state index contributed by atoms with van der Waals surface area (Å²) < 4.78 is 3.97. The number of likely N-dealkylation sites (N-methyl/N-ethyl adjacent to an activating group) is 1. The molecule has 3 heterocycles. The normalized spacial score (nSPS) is 20.1. The Kier molecular flexibility index (Phi) is 2.79. The third-order valence-corrected chi connectivity index (χ3v) is 4.10.